The maximum atomic E-state index is 12.1. The fourth-order valence-electron chi connectivity index (χ4n) is 6.01. The molecule has 3 aromatic rings. The number of aromatic hydroxyl groups is 1. The molecule has 0 bridgehead atoms. The number of aliphatic hydroxyl groups is 1. The summed E-state index contributed by atoms with van der Waals surface area (Å²) in [5, 5.41) is 22.2. The Kier molecular flexibility index (Phi) is 4.94. The molecule has 3 heteroatoms. The predicted molar refractivity (Wildman–Crippen MR) is 124 cm³/mol. The number of phenols is 1. The van der Waals surface area contributed by atoms with Crippen molar-refractivity contribution in [1.29, 1.82) is 0 Å². The van der Waals surface area contributed by atoms with Crippen LogP contribution in [0.1, 0.15) is 55.0 Å². The molecule has 0 radical (unpaired) electrons. The molecule has 1 saturated carbocycles. The zero-order valence-corrected chi connectivity index (χ0v) is 18.0. The molecule has 1 aromatic heterocycles. The van der Waals surface area contributed by atoms with Crippen LogP contribution in [0.25, 0.3) is 6.08 Å². The molecule has 1 heterocycles. The first kappa shape index (κ1) is 20.0. The molecule has 3 nitrogen and oxygen atoms in total. The first-order valence-corrected chi connectivity index (χ1v) is 11.3. The Balaban J connectivity index is 1.68. The third kappa shape index (κ3) is 3.28. The standard InChI is InChI=1S/C28H29NO2/c1-2-27-18-23(16-20-8-4-3-5-9-20)28(31,26-10-6-7-15-29-26)19-22(27)12-11-21-17-24(30)13-14-25(21)27/h3-10,13-17,22,30-31H,2,11-12,18-19H2,1H3/t22-,27?,28?/m1/s1. The van der Waals surface area contributed by atoms with E-state index in [9.17, 15) is 10.2 Å². The Morgan fingerprint density at radius 1 is 1.06 bits per heavy atom. The lowest BCUT2D eigenvalue weighted by Crippen LogP contribution is -2.50. The molecule has 0 saturated heterocycles. The number of phenolic OH excluding ortho intramolecular Hbond substituents is 1. The minimum absolute atomic E-state index is 0.0388. The largest absolute Gasteiger partial charge is 0.508 e. The highest BCUT2D eigenvalue weighted by Gasteiger charge is 2.54. The summed E-state index contributed by atoms with van der Waals surface area (Å²) in [4.78, 5) is 4.58. The van der Waals surface area contributed by atoms with Gasteiger partial charge in [-0.05, 0) is 84.6 Å². The van der Waals surface area contributed by atoms with Gasteiger partial charge in [-0.15, -0.1) is 0 Å². The van der Waals surface area contributed by atoms with Gasteiger partial charge in [0.25, 0.3) is 0 Å². The third-order valence-electron chi connectivity index (χ3n) is 7.61. The van der Waals surface area contributed by atoms with E-state index in [1.54, 1.807) is 6.20 Å². The van der Waals surface area contributed by atoms with E-state index < -0.39 is 5.60 Å². The highest BCUT2D eigenvalue weighted by molar-refractivity contribution is 5.58. The van der Waals surface area contributed by atoms with Gasteiger partial charge >= 0.3 is 0 Å². The zero-order chi connectivity index (χ0) is 21.5. The number of aromatic nitrogens is 1. The summed E-state index contributed by atoms with van der Waals surface area (Å²) in [7, 11) is 0. The molecule has 2 aliphatic rings. The molecule has 2 aromatic carbocycles. The van der Waals surface area contributed by atoms with E-state index in [1.165, 1.54) is 11.1 Å². The monoisotopic (exact) mass is 411 g/mol. The van der Waals surface area contributed by atoms with Crippen molar-refractivity contribution in [2.75, 3.05) is 0 Å². The van der Waals surface area contributed by atoms with Crippen molar-refractivity contribution >= 4 is 6.08 Å². The van der Waals surface area contributed by atoms with Crippen LogP contribution in [0.15, 0.2) is 78.5 Å². The number of aryl methyl sites for hydroxylation is 1. The van der Waals surface area contributed by atoms with Crippen LogP contribution < -0.4 is 0 Å². The molecule has 31 heavy (non-hydrogen) atoms. The van der Waals surface area contributed by atoms with Crippen molar-refractivity contribution in [3.63, 3.8) is 0 Å². The third-order valence-corrected chi connectivity index (χ3v) is 7.61. The van der Waals surface area contributed by atoms with Gasteiger partial charge in [0.05, 0.1) is 5.69 Å². The summed E-state index contributed by atoms with van der Waals surface area (Å²) >= 11 is 0. The Hall–Kier alpha value is -2.91. The van der Waals surface area contributed by atoms with Crippen LogP contribution in [0.5, 0.6) is 5.75 Å². The van der Waals surface area contributed by atoms with Gasteiger partial charge in [0, 0.05) is 11.6 Å². The Labute approximate surface area is 184 Å². The molecular formula is C28H29NO2. The van der Waals surface area contributed by atoms with Gasteiger partial charge < -0.3 is 10.2 Å². The first-order valence-electron chi connectivity index (χ1n) is 11.3. The maximum absolute atomic E-state index is 12.1. The number of rotatable bonds is 3. The van der Waals surface area contributed by atoms with Gasteiger partial charge in [-0.1, -0.05) is 55.5 Å². The number of fused-ring (bicyclic) bond motifs is 3. The minimum Gasteiger partial charge on any atom is -0.508 e. The summed E-state index contributed by atoms with van der Waals surface area (Å²) in [6.07, 6.45) is 8.33. The van der Waals surface area contributed by atoms with Crippen molar-refractivity contribution in [2.24, 2.45) is 5.92 Å². The summed E-state index contributed by atoms with van der Waals surface area (Å²) in [6, 6.07) is 21.9. The van der Waals surface area contributed by atoms with Gasteiger partial charge in [0.1, 0.15) is 11.4 Å². The topological polar surface area (TPSA) is 53.4 Å². The number of hydrogen-bond donors (Lipinski definition) is 2. The highest BCUT2D eigenvalue weighted by atomic mass is 16.3. The Morgan fingerprint density at radius 3 is 2.61 bits per heavy atom. The van der Waals surface area contributed by atoms with E-state index in [0.717, 1.165) is 42.5 Å². The zero-order valence-electron chi connectivity index (χ0n) is 18.0. The average molecular weight is 412 g/mol. The lowest BCUT2D eigenvalue weighted by Gasteiger charge is -2.54. The molecule has 3 atom stereocenters. The lowest BCUT2D eigenvalue weighted by atomic mass is 9.51. The second-order valence-electron chi connectivity index (χ2n) is 9.12. The Bertz CT molecular complexity index is 1110. The Morgan fingerprint density at radius 2 is 1.87 bits per heavy atom. The SMILES string of the molecule is CCC12CC(=Cc3ccccc3)C(O)(c3ccccn3)C[C@H]1CCc1cc(O)ccc12. The molecule has 5 rings (SSSR count). The number of hydrogen-bond acceptors (Lipinski definition) is 3. The van der Waals surface area contributed by atoms with Crippen LogP contribution in [0.2, 0.25) is 0 Å². The van der Waals surface area contributed by atoms with Gasteiger partial charge in [0.15, 0.2) is 0 Å². The highest BCUT2D eigenvalue weighted by Crippen LogP contribution is 2.58. The molecule has 2 unspecified atom stereocenters. The number of nitrogens with zero attached hydrogens (tertiary/aromatic N) is 1. The number of benzene rings is 2. The molecule has 158 valence electrons. The van der Waals surface area contributed by atoms with Crippen molar-refractivity contribution in [3.8, 4) is 5.75 Å². The van der Waals surface area contributed by atoms with E-state index in [-0.39, 0.29) is 5.41 Å². The normalized spacial score (nSPS) is 28.7. The van der Waals surface area contributed by atoms with E-state index in [0.29, 0.717) is 18.1 Å². The molecule has 2 aliphatic carbocycles. The molecule has 0 aliphatic heterocycles. The van der Waals surface area contributed by atoms with Crippen LogP contribution in [0.4, 0.5) is 0 Å². The van der Waals surface area contributed by atoms with Crippen LogP contribution >= 0.6 is 0 Å². The summed E-state index contributed by atoms with van der Waals surface area (Å²) in [5.41, 5.74) is 4.33. The van der Waals surface area contributed by atoms with Crippen LogP contribution in [0.3, 0.4) is 0 Å². The van der Waals surface area contributed by atoms with Crippen LogP contribution in [-0.2, 0) is 17.4 Å². The molecule has 1 fully saturated rings. The van der Waals surface area contributed by atoms with E-state index in [1.807, 2.05) is 48.5 Å². The first-order chi connectivity index (χ1) is 15.0. The summed E-state index contributed by atoms with van der Waals surface area (Å²) in [5.74, 6) is 0.693. The van der Waals surface area contributed by atoms with Gasteiger partial charge in [0.2, 0.25) is 0 Å². The molecule has 2 N–H and O–H groups in total. The van der Waals surface area contributed by atoms with Crippen molar-refractivity contribution in [3.05, 3.63) is 101 Å². The van der Waals surface area contributed by atoms with Crippen molar-refractivity contribution < 1.29 is 10.2 Å². The van der Waals surface area contributed by atoms with Crippen LogP contribution in [0, 0.1) is 5.92 Å². The quantitative estimate of drug-likeness (QED) is 0.576. The summed E-state index contributed by atoms with van der Waals surface area (Å²) in [6.45, 7) is 2.26. The second kappa shape index (κ2) is 7.65. The fourth-order valence-corrected chi connectivity index (χ4v) is 6.01. The van der Waals surface area contributed by atoms with Gasteiger partial charge in [-0.25, -0.2) is 0 Å². The smallest absolute Gasteiger partial charge is 0.128 e. The van der Waals surface area contributed by atoms with Gasteiger partial charge in [-0.2, -0.15) is 0 Å². The van der Waals surface area contributed by atoms with Crippen molar-refractivity contribution in [1.82, 2.24) is 4.98 Å². The van der Waals surface area contributed by atoms with Crippen LogP contribution in [-0.4, -0.2) is 15.2 Å². The predicted octanol–water partition coefficient (Wildman–Crippen LogP) is 5.76. The lowest BCUT2D eigenvalue weighted by molar-refractivity contribution is -0.0116. The van der Waals surface area contributed by atoms with E-state index >= 15 is 0 Å². The second-order valence-corrected chi connectivity index (χ2v) is 9.12. The van der Waals surface area contributed by atoms with E-state index in [4.69, 9.17) is 0 Å². The maximum Gasteiger partial charge on any atom is 0.128 e. The summed E-state index contributed by atoms with van der Waals surface area (Å²) < 4.78 is 0. The van der Waals surface area contributed by atoms with E-state index in [2.05, 4.69) is 36.2 Å². The molecule has 0 spiro atoms. The van der Waals surface area contributed by atoms with Crippen molar-refractivity contribution in [2.45, 2.75) is 50.0 Å². The van der Waals surface area contributed by atoms with Gasteiger partial charge in [-0.3, -0.25) is 4.98 Å². The molecule has 0 amide bonds. The minimum atomic E-state index is -1.07. The average Bonchev–Trinajstić information content (AvgIpc) is 2.80. The number of pyridine rings is 1. The fraction of sp³-hybridized carbons (Fsp3) is 0.321. The molecular weight excluding hydrogens is 382 g/mol.